The summed E-state index contributed by atoms with van der Waals surface area (Å²) in [6.07, 6.45) is 0.637. The molecule has 19 heavy (non-hydrogen) atoms. The van der Waals surface area contributed by atoms with Crippen molar-refractivity contribution in [3.05, 3.63) is 0 Å². The van der Waals surface area contributed by atoms with Gasteiger partial charge in [0.1, 0.15) is 5.60 Å². The van der Waals surface area contributed by atoms with E-state index in [0.29, 0.717) is 6.42 Å². The molecule has 0 aromatic heterocycles. The second-order valence-electron chi connectivity index (χ2n) is 5.98. The first-order chi connectivity index (χ1) is 8.59. The molecule has 0 aliphatic carbocycles. The highest BCUT2D eigenvalue weighted by Gasteiger charge is 2.41. The van der Waals surface area contributed by atoms with Gasteiger partial charge in [0, 0.05) is 6.54 Å². The quantitative estimate of drug-likeness (QED) is 0.780. The highest BCUT2D eigenvalue weighted by atomic mass is 16.6. The van der Waals surface area contributed by atoms with Gasteiger partial charge in [-0.1, -0.05) is 27.2 Å². The van der Waals surface area contributed by atoms with Gasteiger partial charge < -0.3 is 15.2 Å². The summed E-state index contributed by atoms with van der Waals surface area (Å²) in [5.74, 6) is -0.898. The molecule has 2 unspecified atom stereocenters. The van der Waals surface area contributed by atoms with Gasteiger partial charge in [-0.25, -0.2) is 4.79 Å². The smallest absolute Gasteiger partial charge is 0.407 e. The maximum Gasteiger partial charge on any atom is 0.407 e. The fourth-order valence-electron chi connectivity index (χ4n) is 2.02. The second kappa shape index (κ2) is 6.78. The van der Waals surface area contributed by atoms with Crippen molar-refractivity contribution >= 4 is 12.1 Å². The minimum absolute atomic E-state index is 0.0232. The lowest BCUT2D eigenvalue weighted by Crippen LogP contribution is -2.47. The van der Waals surface area contributed by atoms with Gasteiger partial charge in [0.15, 0.2) is 0 Å². The molecule has 0 heterocycles. The zero-order valence-corrected chi connectivity index (χ0v) is 12.9. The lowest BCUT2D eigenvalue weighted by atomic mass is 9.73. The van der Waals surface area contributed by atoms with E-state index in [0.717, 1.165) is 6.42 Å². The number of nitrogens with one attached hydrogen (secondary N) is 1. The summed E-state index contributed by atoms with van der Waals surface area (Å²) in [5, 5.41) is 12.1. The topological polar surface area (TPSA) is 75.6 Å². The Morgan fingerprint density at radius 2 is 1.79 bits per heavy atom. The Morgan fingerprint density at radius 3 is 2.11 bits per heavy atom. The third-order valence-corrected chi connectivity index (χ3v) is 3.56. The number of rotatable bonds is 6. The number of carbonyl (C=O) groups excluding carboxylic acids is 1. The van der Waals surface area contributed by atoms with E-state index in [-0.39, 0.29) is 12.5 Å². The molecular formula is C14H27NO4. The van der Waals surface area contributed by atoms with E-state index in [1.165, 1.54) is 0 Å². The van der Waals surface area contributed by atoms with Gasteiger partial charge >= 0.3 is 12.1 Å². The number of alkyl carbamates (subject to hydrolysis) is 1. The zero-order chi connectivity index (χ0) is 15.3. The number of aliphatic carboxylic acids is 1. The van der Waals surface area contributed by atoms with Gasteiger partial charge in [-0.3, -0.25) is 4.79 Å². The Bertz CT molecular complexity index is 322. The number of carbonyl (C=O) groups is 2. The number of hydrogen-bond acceptors (Lipinski definition) is 3. The first kappa shape index (κ1) is 17.7. The molecule has 2 N–H and O–H groups in total. The summed E-state index contributed by atoms with van der Waals surface area (Å²) in [6, 6.07) is 0. The standard InChI is InChI=1S/C14H27NO4/c1-7-10(3)14(8-2,11(16)17)9-15-12(18)19-13(4,5)6/h10H,7-9H2,1-6H3,(H,15,18)(H,16,17). The van der Waals surface area contributed by atoms with Crippen LogP contribution in [0.4, 0.5) is 4.79 Å². The van der Waals surface area contributed by atoms with Crippen LogP contribution in [0.25, 0.3) is 0 Å². The molecule has 0 rings (SSSR count). The highest BCUT2D eigenvalue weighted by Crippen LogP contribution is 2.33. The molecule has 0 spiro atoms. The van der Waals surface area contributed by atoms with Gasteiger partial charge in [0.05, 0.1) is 5.41 Å². The summed E-state index contributed by atoms with van der Waals surface area (Å²) < 4.78 is 5.13. The first-order valence-electron chi connectivity index (χ1n) is 6.79. The van der Waals surface area contributed by atoms with Gasteiger partial charge in [0.2, 0.25) is 0 Å². The minimum Gasteiger partial charge on any atom is -0.481 e. The highest BCUT2D eigenvalue weighted by molar-refractivity contribution is 5.76. The Balaban J connectivity index is 4.77. The third-order valence-electron chi connectivity index (χ3n) is 3.56. The number of ether oxygens (including phenoxy) is 1. The molecule has 1 amide bonds. The lowest BCUT2D eigenvalue weighted by Gasteiger charge is -2.34. The predicted molar refractivity (Wildman–Crippen MR) is 74.1 cm³/mol. The molecule has 0 radical (unpaired) electrons. The molecule has 0 aliphatic heterocycles. The van der Waals surface area contributed by atoms with Crippen LogP contribution < -0.4 is 5.32 Å². The molecule has 0 aromatic rings. The Kier molecular flexibility index (Phi) is 6.33. The number of hydrogen-bond donors (Lipinski definition) is 2. The van der Waals surface area contributed by atoms with Crippen LogP contribution in [0.5, 0.6) is 0 Å². The number of amides is 1. The van der Waals surface area contributed by atoms with Crippen LogP contribution >= 0.6 is 0 Å². The third kappa shape index (κ3) is 5.09. The van der Waals surface area contributed by atoms with E-state index in [4.69, 9.17) is 4.74 Å². The van der Waals surface area contributed by atoms with Gasteiger partial charge in [0.25, 0.3) is 0 Å². The average Bonchev–Trinajstić information content (AvgIpc) is 2.27. The molecule has 0 aliphatic rings. The molecule has 0 saturated heterocycles. The van der Waals surface area contributed by atoms with Gasteiger partial charge in [-0.2, -0.15) is 0 Å². The van der Waals surface area contributed by atoms with Crippen molar-refractivity contribution in [1.82, 2.24) is 5.32 Å². The monoisotopic (exact) mass is 273 g/mol. The summed E-state index contributed by atoms with van der Waals surface area (Å²) >= 11 is 0. The molecule has 5 nitrogen and oxygen atoms in total. The van der Waals surface area contributed by atoms with Crippen molar-refractivity contribution in [2.75, 3.05) is 6.54 Å². The number of carboxylic acid groups (broad SMARTS) is 1. The van der Waals surface area contributed by atoms with Crippen molar-refractivity contribution in [1.29, 1.82) is 0 Å². The van der Waals surface area contributed by atoms with Crippen molar-refractivity contribution in [2.24, 2.45) is 11.3 Å². The molecule has 0 fully saturated rings. The largest absolute Gasteiger partial charge is 0.481 e. The van der Waals surface area contributed by atoms with E-state index < -0.39 is 23.1 Å². The normalized spacial score (nSPS) is 16.3. The summed E-state index contributed by atoms with van der Waals surface area (Å²) in [7, 11) is 0. The van der Waals surface area contributed by atoms with E-state index in [1.54, 1.807) is 20.8 Å². The van der Waals surface area contributed by atoms with Crippen LogP contribution in [0.2, 0.25) is 0 Å². The van der Waals surface area contributed by atoms with E-state index in [9.17, 15) is 14.7 Å². The van der Waals surface area contributed by atoms with Crippen molar-refractivity contribution in [3.63, 3.8) is 0 Å². The van der Waals surface area contributed by atoms with Gasteiger partial charge in [-0.05, 0) is 33.1 Å². The van der Waals surface area contributed by atoms with Crippen molar-refractivity contribution in [2.45, 2.75) is 60.0 Å². The number of carboxylic acids is 1. The summed E-state index contributed by atoms with van der Waals surface area (Å²) in [5.41, 5.74) is -1.52. The maximum absolute atomic E-state index is 11.6. The van der Waals surface area contributed by atoms with Crippen molar-refractivity contribution < 1.29 is 19.4 Å². The maximum atomic E-state index is 11.6. The Morgan fingerprint density at radius 1 is 1.26 bits per heavy atom. The molecule has 2 atom stereocenters. The van der Waals surface area contributed by atoms with Crippen LogP contribution in [0, 0.1) is 11.3 Å². The minimum atomic E-state index is -0.939. The fraction of sp³-hybridized carbons (Fsp3) is 0.857. The van der Waals surface area contributed by atoms with E-state index >= 15 is 0 Å². The predicted octanol–water partition coefficient (Wildman–Crippen LogP) is 3.04. The van der Waals surface area contributed by atoms with Crippen LogP contribution in [0.3, 0.4) is 0 Å². The first-order valence-corrected chi connectivity index (χ1v) is 6.79. The fourth-order valence-corrected chi connectivity index (χ4v) is 2.02. The summed E-state index contributed by atoms with van der Waals surface area (Å²) in [6.45, 7) is 11.1. The molecule has 5 heteroatoms. The lowest BCUT2D eigenvalue weighted by molar-refractivity contribution is -0.152. The molecule has 112 valence electrons. The molecule has 0 bridgehead atoms. The van der Waals surface area contributed by atoms with Crippen molar-refractivity contribution in [3.8, 4) is 0 Å². The average molecular weight is 273 g/mol. The second-order valence-corrected chi connectivity index (χ2v) is 5.98. The van der Waals surface area contributed by atoms with Gasteiger partial charge in [-0.15, -0.1) is 0 Å². The summed E-state index contributed by atoms with van der Waals surface area (Å²) in [4.78, 5) is 23.2. The van der Waals surface area contributed by atoms with E-state index in [2.05, 4.69) is 5.32 Å². The molecule has 0 aromatic carbocycles. The van der Waals surface area contributed by atoms with Crippen LogP contribution in [-0.4, -0.2) is 29.3 Å². The van der Waals surface area contributed by atoms with Crippen LogP contribution in [0.15, 0.2) is 0 Å². The van der Waals surface area contributed by atoms with Crippen LogP contribution in [-0.2, 0) is 9.53 Å². The molecule has 0 saturated carbocycles. The molecular weight excluding hydrogens is 246 g/mol. The van der Waals surface area contributed by atoms with E-state index in [1.807, 2.05) is 20.8 Å². The van der Waals surface area contributed by atoms with Crippen LogP contribution in [0.1, 0.15) is 54.4 Å². The SMILES string of the molecule is CCC(C)C(CC)(CNC(=O)OC(C)(C)C)C(=O)O. The Hall–Kier alpha value is -1.26. The zero-order valence-electron chi connectivity index (χ0n) is 12.9. The Labute approximate surface area is 115 Å².